The fraction of sp³-hybridized carbons (Fsp3) is 0.385. The van der Waals surface area contributed by atoms with Crippen molar-refractivity contribution in [1.82, 2.24) is 10.2 Å². The molecule has 0 radical (unpaired) electrons. The highest BCUT2D eigenvalue weighted by Gasteiger charge is 2.27. The van der Waals surface area contributed by atoms with Crippen LogP contribution in [0, 0.1) is 12.7 Å². The van der Waals surface area contributed by atoms with Gasteiger partial charge in [-0.2, -0.15) is 0 Å². The molecule has 1 N–H and O–H groups in total. The Bertz CT molecular complexity index is 489. The predicted octanol–water partition coefficient (Wildman–Crippen LogP) is 1.45. The molecule has 1 aliphatic heterocycles. The molecule has 5 nitrogen and oxygen atoms in total. The molecule has 1 saturated heterocycles. The number of urea groups is 1. The minimum atomic E-state index is -0.369. The topological polar surface area (TPSA) is 58.6 Å². The molecule has 1 fully saturated rings. The van der Waals surface area contributed by atoms with Crippen LogP contribution in [-0.2, 0) is 4.79 Å². The first kappa shape index (κ1) is 13.3. The zero-order chi connectivity index (χ0) is 13.8. The standard InChI is InChI=1S/C13H15FN2O3/c1-9-3-4-10(14)7-11(9)19-6-2-5-16-12(17)8-15-13(16)18/h3-4,7H,2,5-6,8H2,1H3,(H,15,18). The Kier molecular flexibility index (Phi) is 3.99. The van der Waals surface area contributed by atoms with Crippen molar-refractivity contribution in [3.8, 4) is 5.75 Å². The number of benzene rings is 1. The second-order valence-corrected chi connectivity index (χ2v) is 4.32. The lowest BCUT2D eigenvalue weighted by Gasteiger charge is -2.13. The highest BCUT2D eigenvalue weighted by molar-refractivity contribution is 6.01. The summed E-state index contributed by atoms with van der Waals surface area (Å²) in [5, 5.41) is 2.44. The van der Waals surface area contributed by atoms with E-state index in [9.17, 15) is 14.0 Å². The number of nitrogens with one attached hydrogen (secondary N) is 1. The molecule has 0 aromatic heterocycles. The fourth-order valence-electron chi connectivity index (χ4n) is 1.82. The number of carbonyl (C=O) groups is 2. The second kappa shape index (κ2) is 5.69. The van der Waals surface area contributed by atoms with Gasteiger partial charge < -0.3 is 10.1 Å². The van der Waals surface area contributed by atoms with Crippen molar-refractivity contribution in [2.45, 2.75) is 13.3 Å². The lowest BCUT2D eigenvalue weighted by atomic mass is 10.2. The number of hydrogen-bond acceptors (Lipinski definition) is 3. The maximum Gasteiger partial charge on any atom is 0.324 e. The molecule has 1 heterocycles. The van der Waals surface area contributed by atoms with Crippen LogP contribution in [0.3, 0.4) is 0 Å². The molecule has 1 aliphatic rings. The summed E-state index contributed by atoms with van der Waals surface area (Å²) < 4.78 is 18.5. The van der Waals surface area contributed by atoms with Gasteiger partial charge >= 0.3 is 6.03 Å². The highest BCUT2D eigenvalue weighted by atomic mass is 19.1. The average molecular weight is 266 g/mol. The van der Waals surface area contributed by atoms with E-state index in [1.165, 1.54) is 12.1 Å². The minimum absolute atomic E-state index is 0.0582. The Morgan fingerprint density at radius 1 is 1.42 bits per heavy atom. The monoisotopic (exact) mass is 266 g/mol. The van der Waals surface area contributed by atoms with Crippen LogP contribution >= 0.6 is 0 Å². The first-order valence-electron chi connectivity index (χ1n) is 6.05. The molecule has 0 unspecified atom stereocenters. The van der Waals surface area contributed by atoms with E-state index in [0.29, 0.717) is 25.3 Å². The molecule has 19 heavy (non-hydrogen) atoms. The van der Waals surface area contributed by atoms with E-state index in [1.54, 1.807) is 6.07 Å². The van der Waals surface area contributed by atoms with E-state index in [0.717, 1.165) is 10.5 Å². The SMILES string of the molecule is Cc1ccc(F)cc1OCCCN1C(=O)CNC1=O. The third-order valence-corrected chi connectivity index (χ3v) is 2.87. The van der Waals surface area contributed by atoms with E-state index in [4.69, 9.17) is 4.74 Å². The van der Waals surface area contributed by atoms with Crippen molar-refractivity contribution < 1.29 is 18.7 Å². The largest absolute Gasteiger partial charge is 0.493 e. The molecule has 6 heteroatoms. The van der Waals surface area contributed by atoms with E-state index in [1.807, 2.05) is 6.92 Å². The lowest BCUT2D eigenvalue weighted by Crippen LogP contribution is -2.32. The van der Waals surface area contributed by atoms with Crippen LogP contribution in [0.15, 0.2) is 18.2 Å². The van der Waals surface area contributed by atoms with Crippen LogP contribution in [0.2, 0.25) is 0 Å². The summed E-state index contributed by atoms with van der Waals surface area (Å²) in [7, 11) is 0. The van der Waals surface area contributed by atoms with Gasteiger partial charge in [0.1, 0.15) is 11.6 Å². The molecule has 0 spiro atoms. The van der Waals surface area contributed by atoms with Gasteiger partial charge in [-0.25, -0.2) is 9.18 Å². The third kappa shape index (κ3) is 3.21. The van der Waals surface area contributed by atoms with Crippen LogP contribution in [0.4, 0.5) is 9.18 Å². The normalized spacial score (nSPS) is 14.7. The Hall–Kier alpha value is -2.11. The van der Waals surface area contributed by atoms with Gasteiger partial charge in [0.2, 0.25) is 5.91 Å². The molecule has 2 rings (SSSR count). The van der Waals surface area contributed by atoms with Gasteiger partial charge in [0.15, 0.2) is 0 Å². The van der Waals surface area contributed by atoms with Crippen LogP contribution in [0.1, 0.15) is 12.0 Å². The minimum Gasteiger partial charge on any atom is -0.493 e. The summed E-state index contributed by atoms with van der Waals surface area (Å²) in [4.78, 5) is 23.7. The molecule has 0 atom stereocenters. The molecule has 0 saturated carbocycles. The lowest BCUT2D eigenvalue weighted by molar-refractivity contribution is -0.125. The summed E-state index contributed by atoms with van der Waals surface area (Å²) in [6.45, 7) is 2.51. The van der Waals surface area contributed by atoms with Gasteiger partial charge in [0, 0.05) is 12.6 Å². The summed E-state index contributed by atoms with van der Waals surface area (Å²) in [5.74, 6) is -0.0983. The van der Waals surface area contributed by atoms with E-state index in [2.05, 4.69) is 5.32 Å². The molecule has 102 valence electrons. The van der Waals surface area contributed by atoms with Gasteiger partial charge in [-0.1, -0.05) is 6.07 Å². The van der Waals surface area contributed by atoms with Gasteiger partial charge in [-0.15, -0.1) is 0 Å². The number of imide groups is 1. The predicted molar refractivity (Wildman–Crippen MR) is 66.4 cm³/mol. The zero-order valence-electron chi connectivity index (χ0n) is 10.6. The number of amides is 3. The van der Waals surface area contributed by atoms with Crippen molar-refractivity contribution >= 4 is 11.9 Å². The molecule has 1 aromatic rings. The van der Waals surface area contributed by atoms with E-state index in [-0.39, 0.29) is 24.3 Å². The number of rotatable bonds is 5. The smallest absolute Gasteiger partial charge is 0.324 e. The Balaban J connectivity index is 1.79. The number of aryl methyl sites for hydroxylation is 1. The highest BCUT2D eigenvalue weighted by Crippen LogP contribution is 2.18. The van der Waals surface area contributed by atoms with Crippen LogP contribution in [-0.4, -0.2) is 36.5 Å². The van der Waals surface area contributed by atoms with Crippen molar-refractivity contribution in [1.29, 1.82) is 0 Å². The molecular formula is C13H15FN2O3. The molecule has 1 aromatic carbocycles. The van der Waals surface area contributed by atoms with E-state index < -0.39 is 0 Å². The van der Waals surface area contributed by atoms with E-state index >= 15 is 0 Å². The Morgan fingerprint density at radius 2 is 2.21 bits per heavy atom. The van der Waals surface area contributed by atoms with Gasteiger partial charge in [-0.3, -0.25) is 9.69 Å². The first-order valence-corrected chi connectivity index (χ1v) is 6.05. The maximum atomic E-state index is 13.0. The maximum absolute atomic E-state index is 13.0. The molecular weight excluding hydrogens is 251 g/mol. The first-order chi connectivity index (χ1) is 9.08. The molecule has 3 amide bonds. The number of halogens is 1. The summed E-state index contributed by atoms with van der Waals surface area (Å²) in [6, 6.07) is 3.97. The fourth-order valence-corrected chi connectivity index (χ4v) is 1.82. The molecule has 0 bridgehead atoms. The van der Waals surface area contributed by atoms with Crippen LogP contribution < -0.4 is 10.1 Å². The van der Waals surface area contributed by atoms with Crippen molar-refractivity contribution in [3.05, 3.63) is 29.6 Å². The Labute approximate surface area is 110 Å². The van der Waals surface area contributed by atoms with Gasteiger partial charge in [0.05, 0.1) is 13.2 Å². The summed E-state index contributed by atoms with van der Waals surface area (Å²) in [5.41, 5.74) is 0.844. The quantitative estimate of drug-likeness (QED) is 0.648. The third-order valence-electron chi connectivity index (χ3n) is 2.87. The number of ether oxygens (including phenoxy) is 1. The molecule has 0 aliphatic carbocycles. The zero-order valence-corrected chi connectivity index (χ0v) is 10.6. The average Bonchev–Trinajstić information content (AvgIpc) is 2.69. The van der Waals surface area contributed by atoms with Gasteiger partial charge in [-0.05, 0) is 25.0 Å². The number of carbonyl (C=O) groups excluding carboxylic acids is 2. The van der Waals surface area contributed by atoms with Crippen molar-refractivity contribution in [2.24, 2.45) is 0 Å². The number of nitrogens with zero attached hydrogens (tertiary/aromatic N) is 1. The Morgan fingerprint density at radius 3 is 2.89 bits per heavy atom. The van der Waals surface area contributed by atoms with Crippen LogP contribution in [0.25, 0.3) is 0 Å². The summed E-state index contributed by atoms with van der Waals surface area (Å²) in [6.07, 6.45) is 0.509. The van der Waals surface area contributed by atoms with Crippen molar-refractivity contribution in [2.75, 3.05) is 19.7 Å². The van der Waals surface area contributed by atoms with Gasteiger partial charge in [0.25, 0.3) is 0 Å². The second-order valence-electron chi connectivity index (χ2n) is 4.32. The van der Waals surface area contributed by atoms with Crippen LogP contribution in [0.5, 0.6) is 5.75 Å². The van der Waals surface area contributed by atoms with Crippen molar-refractivity contribution in [3.63, 3.8) is 0 Å². The summed E-state index contributed by atoms with van der Waals surface area (Å²) >= 11 is 0. The number of hydrogen-bond donors (Lipinski definition) is 1.